The van der Waals surface area contributed by atoms with Crippen LogP contribution in [0.1, 0.15) is 11.6 Å². The molecule has 1 amide bonds. The Morgan fingerprint density at radius 2 is 2.29 bits per heavy atom. The molecular weight excluding hydrogens is 346 g/mol. The van der Waals surface area contributed by atoms with Gasteiger partial charge in [-0.1, -0.05) is 16.9 Å². The molecule has 0 aliphatic rings. The van der Waals surface area contributed by atoms with Crippen LogP contribution in [-0.2, 0) is 11.3 Å². The first-order valence-corrected chi connectivity index (χ1v) is 9.00. The van der Waals surface area contributed by atoms with Gasteiger partial charge in [0, 0.05) is 36.1 Å². The number of amides is 1. The third-order valence-corrected chi connectivity index (χ3v) is 5.23. The third-order valence-electron chi connectivity index (χ3n) is 3.10. The van der Waals surface area contributed by atoms with E-state index < -0.39 is 0 Å². The topological polar surface area (TPSA) is 85.0 Å². The monoisotopic (exact) mass is 361 g/mol. The van der Waals surface area contributed by atoms with Crippen LogP contribution >= 0.6 is 23.1 Å². The number of hydrogen-bond acceptors (Lipinski definition) is 8. The van der Waals surface area contributed by atoms with Gasteiger partial charge in [-0.3, -0.25) is 9.78 Å². The van der Waals surface area contributed by atoms with Crippen LogP contribution in [0, 0.1) is 6.92 Å². The molecule has 3 heterocycles. The first-order valence-electron chi connectivity index (χ1n) is 7.13. The summed E-state index contributed by atoms with van der Waals surface area (Å²) in [5.41, 5.74) is 1.74. The zero-order valence-electron chi connectivity index (χ0n) is 13.2. The molecule has 3 aromatic rings. The Labute approximate surface area is 147 Å². The Morgan fingerprint density at radius 1 is 1.42 bits per heavy atom. The molecule has 0 spiro atoms. The van der Waals surface area contributed by atoms with Crippen LogP contribution in [-0.4, -0.2) is 43.7 Å². The number of aromatic nitrogens is 4. The summed E-state index contributed by atoms with van der Waals surface area (Å²) in [6.45, 7) is 2.20. The fourth-order valence-electron chi connectivity index (χ4n) is 1.85. The maximum atomic E-state index is 12.2. The molecule has 0 bridgehead atoms. The fourth-order valence-corrected chi connectivity index (χ4v) is 3.64. The predicted octanol–water partition coefficient (Wildman–Crippen LogP) is 2.65. The zero-order chi connectivity index (χ0) is 16.9. The van der Waals surface area contributed by atoms with Crippen LogP contribution in [0.2, 0.25) is 0 Å². The van der Waals surface area contributed by atoms with Gasteiger partial charge >= 0.3 is 0 Å². The maximum Gasteiger partial charge on any atom is 0.246 e. The van der Waals surface area contributed by atoms with Gasteiger partial charge in [0.25, 0.3) is 0 Å². The molecule has 24 heavy (non-hydrogen) atoms. The summed E-state index contributed by atoms with van der Waals surface area (Å²) in [5, 5.41) is 5.88. The molecule has 0 unspecified atom stereocenters. The van der Waals surface area contributed by atoms with Crippen molar-refractivity contribution in [1.29, 1.82) is 0 Å². The van der Waals surface area contributed by atoms with Gasteiger partial charge in [-0.2, -0.15) is 4.98 Å². The minimum Gasteiger partial charge on any atom is -0.337 e. The fraction of sp³-hybridized carbons (Fsp3) is 0.267. The Morgan fingerprint density at radius 3 is 3.00 bits per heavy atom. The van der Waals surface area contributed by atoms with E-state index in [2.05, 4.69) is 20.1 Å². The normalized spacial score (nSPS) is 10.8. The molecule has 0 atom stereocenters. The van der Waals surface area contributed by atoms with Gasteiger partial charge in [0.2, 0.25) is 17.6 Å². The number of carbonyl (C=O) groups excluding carboxylic acids is 1. The highest BCUT2D eigenvalue weighted by Gasteiger charge is 2.15. The van der Waals surface area contributed by atoms with Gasteiger partial charge < -0.3 is 9.42 Å². The van der Waals surface area contributed by atoms with E-state index in [1.54, 1.807) is 41.7 Å². The molecular formula is C15H15N5O2S2. The molecule has 0 saturated carbocycles. The summed E-state index contributed by atoms with van der Waals surface area (Å²) in [5.74, 6) is 1.16. The van der Waals surface area contributed by atoms with Gasteiger partial charge in [-0.15, -0.1) is 11.3 Å². The number of hydrogen-bond donors (Lipinski definition) is 0. The molecule has 3 aromatic heterocycles. The minimum atomic E-state index is -0.0195. The van der Waals surface area contributed by atoms with Gasteiger partial charge in [0.05, 0.1) is 12.3 Å². The van der Waals surface area contributed by atoms with Crippen LogP contribution in [0.4, 0.5) is 0 Å². The van der Waals surface area contributed by atoms with Crippen molar-refractivity contribution in [2.24, 2.45) is 0 Å². The Bertz CT molecular complexity index is 818. The molecule has 124 valence electrons. The van der Waals surface area contributed by atoms with E-state index >= 15 is 0 Å². The molecule has 3 rings (SSSR count). The lowest BCUT2D eigenvalue weighted by atomic mass is 10.3. The summed E-state index contributed by atoms with van der Waals surface area (Å²) < 4.78 is 6.10. The van der Waals surface area contributed by atoms with Crippen LogP contribution < -0.4 is 0 Å². The zero-order valence-corrected chi connectivity index (χ0v) is 14.8. The quantitative estimate of drug-likeness (QED) is 0.624. The Kier molecular flexibility index (Phi) is 5.21. The smallest absolute Gasteiger partial charge is 0.246 e. The maximum absolute atomic E-state index is 12.2. The van der Waals surface area contributed by atoms with E-state index in [-0.39, 0.29) is 12.5 Å². The van der Waals surface area contributed by atoms with Crippen molar-refractivity contribution in [2.75, 3.05) is 12.8 Å². The lowest BCUT2D eigenvalue weighted by Gasteiger charge is -2.13. The molecule has 0 aliphatic heterocycles. The molecule has 0 fully saturated rings. The van der Waals surface area contributed by atoms with Crippen molar-refractivity contribution in [3.8, 4) is 11.4 Å². The van der Waals surface area contributed by atoms with Gasteiger partial charge in [0.1, 0.15) is 0 Å². The van der Waals surface area contributed by atoms with Crippen molar-refractivity contribution in [2.45, 2.75) is 17.8 Å². The molecule has 7 nitrogen and oxygen atoms in total. The summed E-state index contributed by atoms with van der Waals surface area (Å²) >= 11 is 2.97. The summed E-state index contributed by atoms with van der Waals surface area (Å²) in [6.07, 6.45) is 3.34. The second-order valence-electron chi connectivity index (χ2n) is 5.05. The van der Waals surface area contributed by atoms with Crippen LogP contribution in [0.15, 0.2) is 38.8 Å². The SMILES string of the molecule is Cc1csc(SCC(=O)N(C)Cc2nc(-c3cccnc3)no2)n1. The first kappa shape index (κ1) is 16.6. The van der Waals surface area contributed by atoms with Crippen molar-refractivity contribution in [3.63, 3.8) is 0 Å². The van der Waals surface area contributed by atoms with E-state index in [1.807, 2.05) is 18.4 Å². The number of pyridine rings is 1. The highest BCUT2D eigenvalue weighted by atomic mass is 32.2. The van der Waals surface area contributed by atoms with E-state index in [4.69, 9.17) is 4.52 Å². The number of carbonyl (C=O) groups is 1. The second-order valence-corrected chi connectivity index (χ2v) is 7.13. The van der Waals surface area contributed by atoms with Crippen molar-refractivity contribution in [1.82, 2.24) is 25.0 Å². The van der Waals surface area contributed by atoms with E-state index in [1.165, 1.54) is 11.8 Å². The Hall–Kier alpha value is -2.26. The molecule has 0 N–H and O–H groups in total. The number of thiazole rings is 1. The van der Waals surface area contributed by atoms with Crippen molar-refractivity contribution >= 4 is 29.0 Å². The number of thioether (sulfide) groups is 1. The predicted molar refractivity (Wildman–Crippen MR) is 91.6 cm³/mol. The van der Waals surface area contributed by atoms with Gasteiger partial charge in [-0.05, 0) is 19.1 Å². The van der Waals surface area contributed by atoms with Gasteiger partial charge in [0.15, 0.2) is 4.34 Å². The minimum absolute atomic E-state index is 0.0195. The standard InChI is InChI=1S/C15H15N5O2S2/c1-10-8-23-15(17-10)24-9-13(21)20(2)7-12-18-14(19-22-12)11-4-3-5-16-6-11/h3-6,8H,7,9H2,1-2H3. The molecule has 0 aliphatic carbocycles. The average Bonchev–Trinajstić information content (AvgIpc) is 3.22. The number of aryl methyl sites for hydroxylation is 1. The molecule has 9 heteroatoms. The molecule has 0 radical (unpaired) electrons. The summed E-state index contributed by atoms with van der Waals surface area (Å²) in [6, 6.07) is 3.65. The molecule has 0 aromatic carbocycles. The number of nitrogens with zero attached hydrogens (tertiary/aromatic N) is 5. The lowest BCUT2D eigenvalue weighted by molar-refractivity contribution is -0.127. The van der Waals surface area contributed by atoms with Crippen molar-refractivity contribution < 1.29 is 9.32 Å². The van der Waals surface area contributed by atoms with Crippen LogP contribution in [0.25, 0.3) is 11.4 Å². The van der Waals surface area contributed by atoms with Crippen LogP contribution in [0.5, 0.6) is 0 Å². The highest BCUT2D eigenvalue weighted by molar-refractivity contribution is 8.01. The highest BCUT2D eigenvalue weighted by Crippen LogP contribution is 2.22. The average molecular weight is 361 g/mol. The number of rotatable bonds is 6. The van der Waals surface area contributed by atoms with E-state index in [0.29, 0.717) is 17.5 Å². The van der Waals surface area contributed by atoms with Gasteiger partial charge in [-0.25, -0.2) is 4.98 Å². The van der Waals surface area contributed by atoms with Crippen molar-refractivity contribution in [3.05, 3.63) is 41.5 Å². The molecule has 0 saturated heterocycles. The summed E-state index contributed by atoms with van der Waals surface area (Å²) in [7, 11) is 1.71. The van der Waals surface area contributed by atoms with E-state index in [9.17, 15) is 4.79 Å². The summed E-state index contributed by atoms with van der Waals surface area (Å²) in [4.78, 5) is 26.4. The Balaban J connectivity index is 1.55. The van der Waals surface area contributed by atoms with Crippen LogP contribution in [0.3, 0.4) is 0 Å². The first-order chi connectivity index (χ1) is 11.6. The largest absolute Gasteiger partial charge is 0.337 e. The van der Waals surface area contributed by atoms with E-state index in [0.717, 1.165) is 15.6 Å². The second kappa shape index (κ2) is 7.54. The third kappa shape index (κ3) is 4.18. The lowest BCUT2D eigenvalue weighted by Crippen LogP contribution is -2.27.